The van der Waals surface area contributed by atoms with Gasteiger partial charge >= 0.3 is 0 Å². The normalized spacial score (nSPS) is 10.7. The second kappa shape index (κ2) is 4.65. The van der Waals surface area contributed by atoms with E-state index in [1.165, 1.54) is 6.39 Å². The molecule has 0 saturated heterocycles. The maximum atomic E-state index is 4.62. The zero-order valence-corrected chi connectivity index (χ0v) is 8.42. The summed E-state index contributed by atoms with van der Waals surface area (Å²) < 4.78 is 6.50. The van der Waals surface area contributed by atoms with Gasteiger partial charge in [0.15, 0.2) is 5.82 Å². The number of rotatable bonds is 5. The van der Waals surface area contributed by atoms with Gasteiger partial charge < -0.3 is 14.4 Å². The van der Waals surface area contributed by atoms with Crippen LogP contribution in [-0.4, -0.2) is 31.4 Å². The SMILES string of the molecule is Cn1cnnc1CNCCc1ncon1. The van der Waals surface area contributed by atoms with Crippen LogP contribution in [0.25, 0.3) is 0 Å². The van der Waals surface area contributed by atoms with Crippen molar-refractivity contribution in [2.75, 3.05) is 6.54 Å². The van der Waals surface area contributed by atoms with Gasteiger partial charge in [-0.25, -0.2) is 0 Å². The van der Waals surface area contributed by atoms with Gasteiger partial charge in [0.1, 0.15) is 12.2 Å². The first kappa shape index (κ1) is 9.78. The van der Waals surface area contributed by atoms with Crippen LogP contribution < -0.4 is 5.32 Å². The van der Waals surface area contributed by atoms with Gasteiger partial charge in [-0.2, -0.15) is 4.98 Å². The Kier molecular flexibility index (Phi) is 3.03. The minimum Gasteiger partial charge on any atom is -0.343 e. The van der Waals surface area contributed by atoms with Gasteiger partial charge in [-0.1, -0.05) is 5.16 Å². The Morgan fingerprint density at radius 1 is 1.53 bits per heavy atom. The van der Waals surface area contributed by atoms with E-state index in [0.29, 0.717) is 12.4 Å². The fourth-order valence-corrected chi connectivity index (χ4v) is 1.17. The van der Waals surface area contributed by atoms with Crippen LogP contribution in [0.15, 0.2) is 17.2 Å². The van der Waals surface area contributed by atoms with Crippen molar-refractivity contribution in [1.82, 2.24) is 30.2 Å². The van der Waals surface area contributed by atoms with E-state index in [0.717, 1.165) is 18.8 Å². The van der Waals surface area contributed by atoms with Crippen LogP contribution in [0.4, 0.5) is 0 Å². The zero-order chi connectivity index (χ0) is 10.5. The van der Waals surface area contributed by atoms with Crippen LogP contribution in [0.2, 0.25) is 0 Å². The molecule has 0 aliphatic carbocycles. The topological polar surface area (TPSA) is 81.7 Å². The Morgan fingerprint density at radius 3 is 3.13 bits per heavy atom. The molecule has 0 aliphatic rings. The van der Waals surface area contributed by atoms with Crippen molar-refractivity contribution in [2.45, 2.75) is 13.0 Å². The van der Waals surface area contributed by atoms with Crippen molar-refractivity contribution in [3.05, 3.63) is 24.4 Å². The van der Waals surface area contributed by atoms with E-state index in [2.05, 4.69) is 30.2 Å². The average molecular weight is 208 g/mol. The molecule has 0 bridgehead atoms. The molecule has 0 amide bonds. The summed E-state index contributed by atoms with van der Waals surface area (Å²) >= 11 is 0. The highest BCUT2D eigenvalue weighted by molar-refractivity contribution is 4.84. The molecule has 0 atom stereocenters. The van der Waals surface area contributed by atoms with Crippen molar-refractivity contribution in [3.8, 4) is 0 Å². The number of aromatic nitrogens is 5. The van der Waals surface area contributed by atoms with E-state index in [4.69, 9.17) is 0 Å². The number of hydrogen-bond acceptors (Lipinski definition) is 6. The van der Waals surface area contributed by atoms with Gasteiger partial charge in [0, 0.05) is 20.0 Å². The molecule has 0 aromatic carbocycles. The molecule has 7 nitrogen and oxygen atoms in total. The minimum absolute atomic E-state index is 0.689. The highest BCUT2D eigenvalue weighted by Gasteiger charge is 2.00. The smallest absolute Gasteiger partial charge is 0.213 e. The molecule has 0 aliphatic heterocycles. The predicted molar refractivity (Wildman–Crippen MR) is 50.7 cm³/mol. The zero-order valence-electron chi connectivity index (χ0n) is 8.42. The lowest BCUT2D eigenvalue weighted by atomic mass is 10.4. The van der Waals surface area contributed by atoms with E-state index in [9.17, 15) is 0 Å². The fraction of sp³-hybridized carbons (Fsp3) is 0.500. The summed E-state index contributed by atoms with van der Waals surface area (Å²) in [4.78, 5) is 3.92. The Bertz CT molecular complexity index is 395. The third-order valence-electron chi connectivity index (χ3n) is 2.02. The van der Waals surface area contributed by atoms with Crippen molar-refractivity contribution >= 4 is 0 Å². The van der Waals surface area contributed by atoms with Gasteiger partial charge in [0.25, 0.3) is 0 Å². The maximum absolute atomic E-state index is 4.62. The third-order valence-corrected chi connectivity index (χ3v) is 2.02. The van der Waals surface area contributed by atoms with E-state index < -0.39 is 0 Å². The largest absolute Gasteiger partial charge is 0.343 e. The Morgan fingerprint density at radius 2 is 2.47 bits per heavy atom. The van der Waals surface area contributed by atoms with Crippen molar-refractivity contribution in [1.29, 1.82) is 0 Å². The van der Waals surface area contributed by atoms with Gasteiger partial charge in [0.2, 0.25) is 6.39 Å². The van der Waals surface area contributed by atoms with E-state index in [1.54, 1.807) is 6.33 Å². The summed E-state index contributed by atoms with van der Waals surface area (Å²) in [7, 11) is 1.91. The first-order valence-corrected chi connectivity index (χ1v) is 4.65. The van der Waals surface area contributed by atoms with E-state index >= 15 is 0 Å². The predicted octanol–water partition coefficient (Wildman–Crippen LogP) is -0.470. The average Bonchev–Trinajstić information content (AvgIpc) is 2.85. The van der Waals surface area contributed by atoms with Gasteiger partial charge in [-0.3, -0.25) is 0 Å². The molecule has 15 heavy (non-hydrogen) atoms. The molecule has 0 spiro atoms. The molecular formula is C8H12N6O. The summed E-state index contributed by atoms with van der Waals surface area (Å²) in [6.07, 6.45) is 3.75. The lowest BCUT2D eigenvalue weighted by Crippen LogP contribution is -2.19. The van der Waals surface area contributed by atoms with Crippen LogP contribution >= 0.6 is 0 Å². The second-order valence-electron chi connectivity index (χ2n) is 3.13. The number of nitrogens with one attached hydrogen (secondary N) is 1. The van der Waals surface area contributed by atoms with Crippen molar-refractivity contribution < 1.29 is 4.52 Å². The molecule has 2 aromatic rings. The molecule has 0 fully saturated rings. The highest BCUT2D eigenvalue weighted by atomic mass is 16.5. The molecule has 0 unspecified atom stereocenters. The maximum Gasteiger partial charge on any atom is 0.213 e. The molecule has 1 N–H and O–H groups in total. The fourth-order valence-electron chi connectivity index (χ4n) is 1.17. The third kappa shape index (κ3) is 2.59. The Balaban J connectivity index is 1.70. The Labute approximate surface area is 86.5 Å². The second-order valence-corrected chi connectivity index (χ2v) is 3.13. The number of hydrogen-bond donors (Lipinski definition) is 1. The molecular weight excluding hydrogens is 196 g/mol. The summed E-state index contributed by atoms with van der Waals surface area (Å²) in [6, 6.07) is 0. The van der Waals surface area contributed by atoms with Gasteiger partial charge in [0.05, 0.1) is 6.54 Å². The van der Waals surface area contributed by atoms with Crippen molar-refractivity contribution in [3.63, 3.8) is 0 Å². The Hall–Kier alpha value is -1.76. The first-order chi connectivity index (χ1) is 7.36. The monoisotopic (exact) mass is 208 g/mol. The first-order valence-electron chi connectivity index (χ1n) is 4.65. The van der Waals surface area contributed by atoms with Crippen molar-refractivity contribution in [2.24, 2.45) is 7.05 Å². The van der Waals surface area contributed by atoms with Crippen LogP contribution in [0.3, 0.4) is 0 Å². The molecule has 2 aromatic heterocycles. The van der Waals surface area contributed by atoms with E-state index in [1.807, 2.05) is 11.6 Å². The van der Waals surface area contributed by atoms with Crippen LogP contribution in [-0.2, 0) is 20.0 Å². The quantitative estimate of drug-likeness (QED) is 0.669. The molecule has 2 rings (SSSR count). The van der Waals surface area contributed by atoms with Gasteiger partial charge in [-0.15, -0.1) is 10.2 Å². The molecule has 0 saturated carbocycles. The minimum atomic E-state index is 0.689. The number of nitrogens with zero attached hydrogens (tertiary/aromatic N) is 5. The highest BCUT2D eigenvalue weighted by Crippen LogP contribution is 1.91. The molecule has 7 heteroatoms. The standard InChI is InChI=1S/C8H12N6O/c1-14-5-11-12-8(14)4-9-3-2-7-10-6-15-13-7/h5-6,9H,2-4H2,1H3. The molecule has 2 heterocycles. The summed E-state index contributed by atoms with van der Waals surface area (Å²) in [5, 5.41) is 14.7. The van der Waals surface area contributed by atoms with Crippen LogP contribution in [0.5, 0.6) is 0 Å². The van der Waals surface area contributed by atoms with Crippen LogP contribution in [0.1, 0.15) is 11.6 Å². The van der Waals surface area contributed by atoms with E-state index in [-0.39, 0.29) is 0 Å². The number of aryl methyl sites for hydroxylation is 1. The summed E-state index contributed by atoms with van der Waals surface area (Å²) in [5.74, 6) is 1.61. The van der Waals surface area contributed by atoms with Gasteiger partial charge in [-0.05, 0) is 0 Å². The summed E-state index contributed by atoms with van der Waals surface area (Å²) in [5.41, 5.74) is 0. The van der Waals surface area contributed by atoms with Crippen LogP contribution in [0, 0.1) is 0 Å². The molecule has 0 radical (unpaired) electrons. The molecule has 80 valence electrons. The lowest BCUT2D eigenvalue weighted by Gasteiger charge is -2.01. The summed E-state index contributed by atoms with van der Waals surface area (Å²) in [6.45, 7) is 1.47. The lowest BCUT2D eigenvalue weighted by molar-refractivity contribution is 0.409.